The van der Waals surface area contributed by atoms with Crippen molar-refractivity contribution in [1.82, 2.24) is 5.32 Å². The van der Waals surface area contributed by atoms with Crippen LogP contribution in [0.1, 0.15) is 22.9 Å². The minimum absolute atomic E-state index is 0.280. The molecule has 50 heavy (non-hydrogen) atoms. The summed E-state index contributed by atoms with van der Waals surface area (Å²) in [5.74, 6) is 1.50. The SMILES string of the molecule is c1ccc(C2=NC(c3cc(-c4ccc(-c5ccccc5)cc4)cc(-c4cc5ccccc5c5ccccc45)c3)=NC(c3ccccc3)N2)cc1. The number of amidine groups is 2. The lowest BCUT2D eigenvalue weighted by molar-refractivity contribution is 0.674. The van der Waals surface area contributed by atoms with E-state index < -0.39 is 0 Å². The molecule has 8 aromatic rings. The van der Waals surface area contributed by atoms with Crippen LogP contribution in [0.25, 0.3) is 54.9 Å². The van der Waals surface area contributed by atoms with Crippen LogP contribution in [-0.4, -0.2) is 11.7 Å². The van der Waals surface area contributed by atoms with Gasteiger partial charge in [0.1, 0.15) is 12.0 Å². The van der Waals surface area contributed by atoms with Crippen molar-refractivity contribution >= 4 is 33.2 Å². The second-order valence-corrected chi connectivity index (χ2v) is 12.7. The fraction of sp³-hybridized carbons (Fsp3) is 0.0213. The lowest BCUT2D eigenvalue weighted by atomic mass is 9.90. The molecule has 1 unspecified atom stereocenters. The third kappa shape index (κ3) is 5.65. The Labute approximate surface area is 292 Å². The van der Waals surface area contributed by atoms with Crippen LogP contribution in [0.2, 0.25) is 0 Å². The first kappa shape index (κ1) is 29.6. The first-order valence-corrected chi connectivity index (χ1v) is 17.0. The summed E-state index contributed by atoms with van der Waals surface area (Å²) in [5, 5.41) is 8.54. The Hall–Kier alpha value is -6.58. The second kappa shape index (κ2) is 12.8. The van der Waals surface area contributed by atoms with Crippen LogP contribution in [0.5, 0.6) is 0 Å². The van der Waals surface area contributed by atoms with Gasteiger partial charge < -0.3 is 5.32 Å². The molecule has 1 N–H and O–H groups in total. The smallest absolute Gasteiger partial charge is 0.159 e. The van der Waals surface area contributed by atoms with Crippen LogP contribution in [0.3, 0.4) is 0 Å². The highest BCUT2D eigenvalue weighted by Gasteiger charge is 2.22. The quantitative estimate of drug-likeness (QED) is 0.181. The molecule has 0 saturated heterocycles. The average molecular weight is 640 g/mol. The van der Waals surface area contributed by atoms with Crippen molar-refractivity contribution < 1.29 is 0 Å². The van der Waals surface area contributed by atoms with E-state index in [1.54, 1.807) is 0 Å². The summed E-state index contributed by atoms with van der Waals surface area (Å²) in [6, 6.07) is 66.6. The molecule has 0 radical (unpaired) electrons. The molecule has 1 heterocycles. The topological polar surface area (TPSA) is 36.8 Å². The molecule has 3 heteroatoms. The standard InChI is InChI=1S/C47H33N3/c1-4-14-32(15-5-1)33-24-26-34(27-25-33)38-28-39(44-31-37-20-10-11-21-41(37)42-22-12-13-23-43(42)44)30-40(29-38)47-49-45(35-16-6-2-7-17-35)48-46(50-47)36-18-8-3-9-19-36/h1-31,45H,(H,48,49,50). The molecule has 1 aliphatic rings. The second-order valence-electron chi connectivity index (χ2n) is 12.7. The molecule has 9 rings (SSSR count). The Morgan fingerprint density at radius 1 is 0.380 bits per heavy atom. The van der Waals surface area contributed by atoms with E-state index in [-0.39, 0.29) is 6.17 Å². The molecule has 0 fully saturated rings. The maximum atomic E-state index is 5.25. The summed E-state index contributed by atoms with van der Waals surface area (Å²) in [7, 11) is 0. The summed E-state index contributed by atoms with van der Waals surface area (Å²) in [5.41, 5.74) is 10.0. The summed E-state index contributed by atoms with van der Waals surface area (Å²) >= 11 is 0. The van der Waals surface area contributed by atoms with Crippen LogP contribution < -0.4 is 5.32 Å². The van der Waals surface area contributed by atoms with Gasteiger partial charge in [0.15, 0.2) is 5.84 Å². The fourth-order valence-corrected chi connectivity index (χ4v) is 6.98. The number of nitrogens with zero attached hydrogens (tertiary/aromatic N) is 2. The molecular formula is C47H33N3. The molecule has 3 nitrogen and oxygen atoms in total. The molecular weight excluding hydrogens is 607 g/mol. The summed E-state index contributed by atoms with van der Waals surface area (Å²) in [6.07, 6.45) is -0.280. The Kier molecular flexibility index (Phi) is 7.56. The van der Waals surface area contributed by atoms with Gasteiger partial charge in [-0.2, -0.15) is 0 Å². The van der Waals surface area contributed by atoms with Crippen LogP contribution in [0, 0.1) is 0 Å². The van der Waals surface area contributed by atoms with Crippen LogP contribution in [0.15, 0.2) is 198 Å². The zero-order valence-corrected chi connectivity index (χ0v) is 27.4. The predicted octanol–water partition coefficient (Wildman–Crippen LogP) is 11.5. The molecule has 0 amide bonds. The number of nitrogens with one attached hydrogen (secondary N) is 1. The van der Waals surface area contributed by atoms with Gasteiger partial charge in [-0.05, 0) is 84.8 Å². The minimum atomic E-state index is -0.280. The van der Waals surface area contributed by atoms with Crippen molar-refractivity contribution in [2.45, 2.75) is 6.17 Å². The number of rotatable bonds is 6. The van der Waals surface area contributed by atoms with Crippen molar-refractivity contribution in [3.63, 3.8) is 0 Å². The maximum absolute atomic E-state index is 5.25. The lowest BCUT2D eigenvalue weighted by Crippen LogP contribution is -2.33. The summed E-state index contributed by atoms with van der Waals surface area (Å²) < 4.78 is 0. The monoisotopic (exact) mass is 639 g/mol. The molecule has 1 atom stereocenters. The minimum Gasteiger partial charge on any atom is -0.344 e. The molecule has 0 spiro atoms. The summed E-state index contributed by atoms with van der Waals surface area (Å²) in [4.78, 5) is 10.4. The van der Waals surface area contributed by atoms with Crippen molar-refractivity contribution in [2.75, 3.05) is 0 Å². The van der Waals surface area contributed by atoms with E-state index in [4.69, 9.17) is 9.98 Å². The zero-order chi connectivity index (χ0) is 33.3. The van der Waals surface area contributed by atoms with Crippen molar-refractivity contribution in [2.24, 2.45) is 9.98 Å². The number of aliphatic imine (C=N–C) groups is 2. The van der Waals surface area contributed by atoms with E-state index in [0.717, 1.165) is 39.2 Å². The van der Waals surface area contributed by atoms with E-state index in [0.29, 0.717) is 5.84 Å². The predicted molar refractivity (Wildman–Crippen MR) is 210 cm³/mol. The lowest BCUT2D eigenvalue weighted by Gasteiger charge is -2.24. The van der Waals surface area contributed by atoms with Gasteiger partial charge in [-0.1, -0.05) is 164 Å². The number of hydrogen-bond donors (Lipinski definition) is 1. The first-order valence-electron chi connectivity index (χ1n) is 17.0. The fourth-order valence-electron chi connectivity index (χ4n) is 6.98. The Morgan fingerprint density at radius 3 is 1.62 bits per heavy atom. The van der Waals surface area contributed by atoms with Gasteiger partial charge >= 0.3 is 0 Å². The molecule has 8 aromatic carbocycles. The third-order valence-electron chi connectivity index (χ3n) is 9.50. The van der Waals surface area contributed by atoms with Gasteiger partial charge in [0, 0.05) is 11.1 Å². The zero-order valence-electron chi connectivity index (χ0n) is 27.4. The van der Waals surface area contributed by atoms with Gasteiger partial charge in [0.25, 0.3) is 0 Å². The van der Waals surface area contributed by atoms with Gasteiger partial charge in [-0.3, -0.25) is 0 Å². The normalized spacial score (nSPS) is 14.2. The van der Waals surface area contributed by atoms with Crippen molar-refractivity contribution in [1.29, 1.82) is 0 Å². The molecule has 0 aliphatic carbocycles. The molecule has 0 bridgehead atoms. The average Bonchev–Trinajstić information content (AvgIpc) is 3.21. The number of fused-ring (bicyclic) bond motifs is 3. The number of benzene rings is 8. The van der Waals surface area contributed by atoms with Gasteiger partial charge in [0.05, 0.1) is 0 Å². The Bertz CT molecular complexity index is 2540. The van der Waals surface area contributed by atoms with E-state index in [1.807, 2.05) is 24.3 Å². The Morgan fingerprint density at radius 2 is 0.900 bits per heavy atom. The Balaban J connectivity index is 1.26. The third-order valence-corrected chi connectivity index (χ3v) is 9.50. The van der Waals surface area contributed by atoms with E-state index in [9.17, 15) is 0 Å². The van der Waals surface area contributed by atoms with Crippen LogP contribution in [0.4, 0.5) is 0 Å². The maximum Gasteiger partial charge on any atom is 0.159 e. The van der Waals surface area contributed by atoms with Gasteiger partial charge in [-0.25, -0.2) is 9.98 Å². The highest BCUT2D eigenvalue weighted by Crippen LogP contribution is 2.38. The molecule has 1 aliphatic heterocycles. The summed E-state index contributed by atoms with van der Waals surface area (Å²) in [6.45, 7) is 0. The van der Waals surface area contributed by atoms with Crippen LogP contribution >= 0.6 is 0 Å². The van der Waals surface area contributed by atoms with Gasteiger partial charge in [-0.15, -0.1) is 0 Å². The van der Waals surface area contributed by atoms with Crippen LogP contribution in [-0.2, 0) is 0 Å². The largest absolute Gasteiger partial charge is 0.344 e. The molecule has 0 saturated carbocycles. The first-order chi connectivity index (χ1) is 24.8. The highest BCUT2D eigenvalue weighted by atomic mass is 15.2. The number of hydrogen-bond acceptors (Lipinski definition) is 3. The van der Waals surface area contributed by atoms with Crippen molar-refractivity contribution in [3.05, 3.63) is 205 Å². The van der Waals surface area contributed by atoms with E-state index in [1.165, 1.54) is 38.2 Å². The van der Waals surface area contributed by atoms with Gasteiger partial charge in [0.2, 0.25) is 0 Å². The van der Waals surface area contributed by atoms with E-state index >= 15 is 0 Å². The van der Waals surface area contributed by atoms with Crippen molar-refractivity contribution in [3.8, 4) is 33.4 Å². The molecule has 0 aromatic heterocycles. The van der Waals surface area contributed by atoms with E-state index in [2.05, 4.69) is 169 Å². The molecule has 236 valence electrons. The highest BCUT2D eigenvalue weighted by molar-refractivity contribution is 6.16.